The summed E-state index contributed by atoms with van der Waals surface area (Å²) < 4.78 is 0. The first-order valence-electron chi connectivity index (χ1n) is 7.45. The van der Waals surface area contributed by atoms with Crippen LogP contribution in [-0.4, -0.2) is 17.9 Å². The highest BCUT2D eigenvalue weighted by Gasteiger charge is 2.20. The lowest BCUT2D eigenvalue weighted by atomic mass is 10.1. The molecule has 0 aliphatic heterocycles. The molecule has 1 aromatic carbocycles. The number of carbonyl (C=O) groups excluding carboxylic acids is 2. The maximum atomic E-state index is 12.0. The number of rotatable bonds is 2. The minimum absolute atomic E-state index is 0.117. The van der Waals surface area contributed by atoms with Crippen LogP contribution in [0, 0.1) is 6.92 Å². The molecule has 0 heterocycles. The largest absolute Gasteiger partial charge is 0.345 e. The van der Waals surface area contributed by atoms with Crippen molar-refractivity contribution in [3.63, 3.8) is 0 Å². The summed E-state index contributed by atoms with van der Waals surface area (Å²) in [6.07, 6.45) is 6.55. The van der Waals surface area contributed by atoms with Gasteiger partial charge in [0.25, 0.3) is 0 Å². The number of carbonyl (C=O) groups is 2. The van der Waals surface area contributed by atoms with E-state index in [0.29, 0.717) is 10.7 Å². The Labute approximate surface area is 130 Å². The van der Waals surface area contributed by atoms with Gasteiger partial charge in [0, 0.05) is 16.8 Å². The van der Waals surface area contributed by atoms with Crippen molar-refractivity contribution in [2.24, 2.45) is 0 Å². The van der Waals surface area contributed by atoms with Crippen molar-refractivity contribution in [1.82, 2.24) is 5.32 Å². The van der Waals surface area contributed by atoms with E-state index in [0.717, 1.165) is 31.2 Å². The average molecular weight is 309 g/mol. The van der Waals surface area contributed by atoms with Crippen molar-refractivity contribution in [2.45, 2.75) is 51.5 Å². The first kappa shape index (κ1) is 15.8. The number of amides is 2. The summed E-state index contributed by atoms with van der Waals surface area (Å²) in [5.74, 6) is -1.20. The van der Waals surface area contributed by atoms with Crippen molar-refractivity contribution in [3.05, 3.63) is 28.8 Å². The van der Waals surface area contributed by atoms with Gasteiger partial charge in [-0.15, -0.1) is 0 Å². The monoisotopic (exact) mass is 308 g/mol. The molecule has 1 aromatic rings. The second-order valence-corrected chi connectivity index (χ2v) is 5.94. The predicted octanol–water partition coefficient (Wildman–Crippen LogP) is 3.43. The first-order valence-corrected chi connectivity index (χ1v) is 7.82. The topological polar surface area (TPSA) is 58.2 Å². The van der Waals surface area contributed by atoms with Crippen LogP contribution in [0.5, 0.6) is 0 Å². The molecule has 0 aromatic heterocycles. The molecule has 1 saturated carbocycles. The summed E-state index contributed by atoms with van der Waals surface area (Å²) >= 11 is 6.00. The molecule has 0 bridgehead atoms. The van der Waals surface area contributed by atoms with E-state index >= 15 is 0 Å². The van der Waals surface area contributed by atoms with Gasteiger partial charge < -0.3 is 10.6 Å². The molecular formula is C16H21ClN2O2. The first-order chi connectivity index (χ1) is 10.1. The molecule has 0 atom stereocenters. The highest BCUT2D eigenvalue weighted by molar-refractivity contribution is 6.40. The Morgan fingerprint density at radius 2 is 1.76 bits per heavy atom. The lowest BCUT2D eigenvalue weighted by molar-refractivity contribution is -0.136. The summed E-state index contributed by atoms with van der Waals surface area (Å²) in [6, 6.07) is 5.34. The Bertz CT molecular complexity index is 523. The van der Waals surface area contributed by atoms with Gasteiger partial charge in [0.05, 0.1) is 0 Å². The zero-order chi connectivity index (χ0) is 15.2. The molecule has 0 radical (unpaired) electrons. The van der Waals surface area contributed by atoms with Crippen molar-refractivity contribution in [3.8, 4) is 0 Å². The van der Waals surface area contributed by atoms with Gasteiger partial charge in [-0.25, -0.2) is 0 Å². The number of benzene rings is 1. The fourth-order valence-corrected chi connectivity index (χ4v) is 2.77. The van der Waals surface area contributed by atoms with E-state index in [-0.39, 0.29) is 6.04 Å². The molecule has 4 nitrogen and oxygen atoms in total. The van der Waals surface area contributed by atoms with Crippen molar-refractivity contribution >= 4 is 29.1 Å². The molecular weight excluding hydrogens is 288 g/mol. The SMILES string of the molecule is Cc1c(Cl)cccc1NC(=O)C(=O)NC1CCCCCC1. The van der Waals surface area contributed by atoms with Gasteiger partial charge in [-0.1, -0.05) is 43.4 Å². The van der Waals surface area contributed by atoms with Crippen LogP contribution in [0.15, 0.2) is 18.2 Å². The van der Waals surface area contributed by atoms with E-state index in [4.69, 9.17) is 11.6 Å². The van der Waals surface area contributed by atoms with Gasteiger partial charge in [-0.2, -0.15) is 0 Å². The van der Waals surface area contributed by atoms with Gasteiger partial charge in [0.15, 0.2) is 0 Å². The van der Waals surface area contributed by atoms with E-state index in [9.17, 15) is 9.59 Å². The van der Waals surface area contributed by atoms with Crippen LogP contribution in [-0.2, 0) is 9.59 Å². The maximum absolute atomic E-state index is 12.0. The Hall–Kier alpha value is -1.55. The van der Waals surface area contributed by atoms with Gasteiger partial charge in [-0.3, -0.25) is 9.59 Å². The van der Waals surface area contributed by atoms with E-state index in [2.05, 4.69) is 10.6 Å². The molecule has 0 saturated heterocycles. The molecule has 1 aliphatic carbocycles. The van der Waals surface area contributed by atoms with Crippen LogP contribution in [0.25, 0.3) is 0 Å². The lowest BCUT2D eigenvalue weighted by Crippen LogP contribution is -2.41. The summed E-state index contributed by atoms with van der Waals surface area (Å²) in [6.45, 7) is 1.81. The Morgan fingerprint density at radius 3 is 2.43 bits per heavy atom. The molecule has 0 spiro atoms. The number of hydrogen-bond donors (Lipinski definition) is 2. The summed E-state index contributed by atoms with van der Waals surface area (Å²) in [5.41, 5.74) is 1.33. The van der Waals surface area contributed by atoms with Crippen LogP contribution in [0.3, 0.4) is 0 Å². The number of anilines is 1. The summed E-state index contributed by atoms with van der Waals surface area (Å²) in [5, 5.41) is 6.02. The predicted molar refractivity (Wildman–Crippen MR) is 84.5 cm³/mol. The number of hydrogen-bond acceptors (Lipinski definition) is 2. The molecule has 2 N–H and O–H groups in total. The van der Waals surface area contributed by atoms with E-state index in [1.54, 1.807) is 25.1 Å². The minimum Gasteiger partial charge on any atom is -0.345 e. The molecule has 1 aliphatic rings. The Kier molecular flexibility index (Phi) is 5.62. The van der Waals surface area contributed by atoms with Crippen LogP contribution in [0.2, 0.25) is 5.02 Å². The molecule has 21 heavy (non-hydrogen) atoms. The van der Waals surface area contributed by atoms with Gasteiger partial charge in [0.2, 0.25) is 0 Å². The molecule has 2 amide bonds. The van der Waals surface area contributed by atoms with Gasteiger partial charge in [0.1, 0.15) is 0 Å². The zero-order valence-corrected chi connectivity index (χ0v) is 13.0. The van der Waals surface area contributed by atoms with Crippen molar-refractivity contribution < 1.29 is 9.59 Å². The summed E-state index contributed by atoms with van der Waals surface area (Å²) in [4.78, 5) is 23.9. The maximum Gasteiger partial charge on any atom is 0.313 e. The molecule has 1 fully saturated rings. The molecule has 5 heteroatoms. The van der Waals surface area contributed by atoms with Crippen LogP contribution in [0.1, 0.15) is 44.1 Å². The number of halogens is 1. The fourth-order valence-electron chi connectivity index (χ4n) is 2.60. The highest BCUT2D eigenvalue weighted by atomic mass is 35.5. The normalized spacial score (nSPS) is 16.1. The lowest BCUT2D eigenvalue weighted by Gasteiger charge is -2.16. The third-order valence-corrected chi connectivity index (χ3v) is 4.32. The Balaban J connectivity index is 1.93. The third-order valence-electron chi connectivity index (χ3n) is 3.91. The molecule has 114 valence electrons. The quantitative estimate of drug-likeness (QED) is 0.649. The van der Waals surface area contributed by atoms with E-state index in [1.165, 1.54) is 12.8 Å². The Morgan fingerprint density at radius 1 is 1.10 bits per heavy atom. The fraction of sp³-hybridized carbons (Fsp3) is 0.500. The molecule has 2 rings (SSSR count). The van der Waals surface area contributed by atoms with Crippen molar-refractivity contribution in [2.75, 3.05) is 5.32 Å². The number of nitrogens with one attached hydrogen (secondary N) is 2. The third kappa shape index (κ3) is 4.46. The second-order valence-electron chi connectivity index (χ2n) is 5.53. The molecule has 0 unspecified atom stereocenters. The standard InChI is InChI=1S/C16H21ClN2O2/c1-11-13(17)9-6-10-14(11)19-16(21)15(20)18-12-7-4-2-3-5-8-12/h6,9-10,12H,2-5,7-8H2,1H3,(H,18,20)(H,19,21). The summed E-state index contributed by atoms with van der Waals surface area (Å²) in [7, 11) is 0. The van der Waals surface area contributed by atoms with Gasteiger partial charge >= 0.3 is 11.8 Å². The zero-order valence-electron chi connectivity index (χ0n) is 12.2. The van der Waals surface area contributed by atoms with E-state index < -0.39 is 11.8 Å². The van der Waals surface area contributed by atoms with Crippen LogP contribution < -0.4 is 10.6 Å². The van der Waals surface area contributed by atoms with Crippen molar-refractivity contribution in [1.29, 1.82) is 0 Å². The van der Waals surface area contributed by atoms with Gasteiger partial charge in [-0.05, 0) is 37.5 Å². The smallest absolute Gasteiger partial charge is 0.313 e. The van der Waals surface area contributed by atoms with Crippen LogP contribution in [0.4, 0.5) is 5.69 Å². The van der Waals surface area contributed by atoms with E-state index in [1.807, 2.05) is 0 Å². The average Bonchev–Trinajstić information content (AvgIpc) is 2.72. The second kappa shape index (κ2) is 7.46. The highest BCUT2D eigenvalue weighted by Crippen LogP contribution is 2.23. The van der Waals surface area contributed by atoms with Crippen LogP contribution >= 0.6 is 11.6 Å². The minimum atomic E-state index is -0.635.